The highest BCUT2D eigenvalue weighted by molar-refractivity contribution is 5.67. The molecule has 1 atom stereocenters. The number of ether oxygens (including phenoxy) is 5. The molecular weight excluding hydrogens is 384 g/mol. The molecule has 0 spiro atoms. The van der Waals surface area contributed by atoms with Crippen molar-refractivity contribution >= 4 is 5.97 Å². The normalized spacial score (nSPS) is 13.2. The van der Waals surface area contributed by atoms with Crippen molar-refractivity contribution in [2.45, 2.75) is 45.1 Å². The summed E-state index contributed by atoms with van der Waals surface area (Å²) in [7, 11) is 6.43. The molecule has 2 aromatic rings. The Hall–Kier alpha value is -2.89. The van der Waals surface area contributed by atoms with Gasteiger partial charge in [0, 0.05) is 31.0 Å². The monoisotopic (exact) mass is 416 g/mol. The van der Waals surface area contributed by atoms with Crippen LogP contribution in [0, 0.1) is 0 Å². The summed E-state index contributed by atoms with van der Waals surface area (Å²) in [6, 6.07) is 11.3. The number of methoxy groups -OCH3 is 4. The summed E-state index contributed by atoms with van der Waals surface area (Å²) in [5.74, 6) is 2.30. The van der Waals surface area contributed by atoms with Gasteiger partial charge in [0.05, 0.1) is 28.4 Å². The van der Waals surface area contributed by atoms with E-state index >= 15 is 0 Å². The van der Waals surface area contributed by atoms with Crippen LogP contribution in [0.3, 0.4) is 0 Å². The molecule has 0 fully saturated rings. The van der Waals surface area contributed by atoms with Gasteiger partial charge in [0.25, 0.3) is 0 Å². The van der Waals surface area contributed by atoms with Crippen LogP contribution in [0.2, 0.25) is 0 Å². The average molecular weight is 417 g/mol. The first-order chi connectivity index (χ1) is 14.1. The fourth-order valence-corrected chi connectivity index (χ4v) is 3.77. The molecule has 1 unspecified atom stereocenters. The second-order valence-electron chi connectivity index (χ2n) is 8.09. The van der Waals surface area contributed by atoms with Crippen molar-refractivity contribution in [1.29, 1.82) is 0 Å². The lowest BCUT2D eigenvalue weighted by Crippen LogP contribution is -2.36. The number of esters is 1. The van der Waals surface area contributed by atoms with Gasteiger partial charge in [0.15, 0.2) is 0 Å². The molecule has 0 saturated carbocycles. The Morgan fingerprint density at radius 3 is 1.40 bits per heavy atom. The van der Waals surface area contributed by atoms with Crippen molar-refractivity contribution in [1.82, 2.24) is 0 Å². The number of hydrogen-bond acceptors (Lipinski definition) is 6. The molecule has 0 aliphatic carbocycles. The molecule has 6 nitrogen and oxygen atoms in total. The molecule has 6 heteroatoms. The van der Waals surface area contributed by atoms with Crippen LogP contribution >= 0.6 is 0 Å². The summed E-state index contributed by atoms with van der Waals surface area (Å²) < 4.78 is 27.6. The van der Waals surface area contributed by atoms with E-state index in [9.17, 15) is 4.79 Å². The summed E-state index contributed by atoms with van der Waals surface area (Å²) in [6.45, 7) is 7.51. The smallest absolute Gasteiger partial charge is 0.303 e. The van der Waals surface area contributed by atoms with Gasteiger partial charge < -0.3 is 23.7 Å². The second kappa shape index (κ2) is 9.28. The van der Waals surface area contributed by atoms with E-state index in [-0.39, 0.29) is 11.4 Å². The molecule has 0 saturated heterocycles. The number of benzene rings is 2. The highest BCUT2D eigenvalue weighted by Gasteiger charge is 2.39. The van der Waals surface area contributed by atoms with Gasteiger partial charge in [0.2, 0.25) is 0 Å². The van der Waals surface area contributed by atoms with Gasteiger partial charge >= 0.3 is 5.97 Å². The standard InChI is InChI=1S/C24H32O6/c1-16(25)30-24(4,18-11-21(28-7)14-22(12-18)29-8)15-23(2,3)17-9-19(26-5)13-20(10-17)27-6/h9-14H,15H2,1-8H3. The van der Waals surface area contributed by atoms with E-state index in [0.29, 0.717) is 29.4 Å². The third-order valence-electron chi connectivity index (χ3n) is 5.24. The quantitative estimate of drug-likeness (QED) is 0.544. The molecule has 0 aliphatic rings. The Balaban J connectivity index is 2.56. The molecule has 30 heavy (non-hydrogen) atoms. The SMILES string of the molecule is COc1cc(OC)cc(C(C)(C)CC(C)(OC(C)=O)c2cc(OC)cc(OC)c2)c1. The van der Waals surface area contributed by atoms with Gasteiger partial charge in [-0.05, 0) is 42.2 Å². The molecule has 2 rings (SSSR count). The van der Waals surface area contributed by atoms with Crippen molar-refractivity contribution in [3.8, 4) is 23.0 Å². The third kappa shape index (κ3) is 5.38. The van der Waals surface area contributed by atoms with Crippen molar-refractivity contribution in [3.05, 3.63) is 47.5 Å². The molecule has 0 N–H and O–H groups in total. The second-order valence-corrected chi connectivity index (χ2v) is 8.09. The minimum Gasteiger partial charge on any atom is -0.497 e. The van der Waals surface area contributed by atoms with E-state index in [1.54, 1.807) is 34.5 Å². The largest absolute Gasteiger partial charge is 0.497 e. The van der Waals surface area contributed by atoms with Gasteiger partial charge in [-0.1, -0.05) is 13.8 Å². The predicted molar refractivity (Wildman–Crippen MR) is 116 cm³/mol. The lowest BCUT2D eigenvalue weighted by Gasteiger charge is -2.38. The Morgan fingerprint density at radius 1 is 0.700 bits per heavy atom. The van der Waals surface area contributed by atoms with Crippen LogP contribution in [0.25, 0.3) is 0 Å². The van der Waals surface area contributed by atoms with Crippen molar-refractivity contribution in [2.24, 2.45) is 0 Å². The van der Waals surface area contributed by atoms with E-state index in [1.807, 2.05) is 37.3 Å². The summed E-state index contributed by atoms with van der Waals surface area (Å²) in [5.41, 5.74) is 0.485. The van der Waals surface area contributed by atoms with Crippen LogP contribution in [0.15, 0.2) is 36.4 Å². The lowest BCUT2D eigenvalue weighted by molar-refractivity contribution is -0.158. The molecule has 0 bridgehead atoms. The topological polar surface area (TPSA) is 63.2 Å². The molecule has 0 aromatic heterocycles. The third-order valence-corrected chi connectivity index (χ3v) is 5.24. The fourth-order valence-electron chi connectivity index (χ4n) is 3.77. The van der Waals surface area contributed by atoms with Gasteiger partial charge in [0.1, 0.15) is 28.6 Å². The van der Waals surface area contributed by atoms with Crippen LogP contribution in [0.5, 0.6) is 23.0 Å². The Morgan fingerprint density at radius 2 is 1.07 bits per heavy atom. The van der Waals surface area contributed by atoms with Crippen LogP contribution in [0.4, 0.5) is 0 Å². The van der Waals surface area contributed by atoms with Crippen LogP contribution < -0.4 is 18.9 Å². The van der Waals surface area contributed by atoms with Gasteiger partial charge in [-0.3, -0.25) is 4.79 Å². The zero-order chi connectivity index (χ0) is 22.5. The number of hydrogen-bond donors (Lipinski definition) is 0. The van der Waals surface area contributed by atoms with Gasteiger partial charge in [-0.25, -0.2) is 0 Å². The molecule has 164 valence electrons. The highest BCUT2D eigenvalue weighted by Crippen LogP contribution is 2.43. The van der Waals surface area contributed by atoms with E-state index in [4.69, 9.17) is 23.7 Å². The first-order valence-corrected chi connectivity index (χ1v) is 9.73. The van der Waals surface area contributed by atoms with E-state index in [0.717, 1.165) is 11.1 Å². The summed E-state index contributed by atoms with van der Waals surface area (Å²) in [4.78, 5) is 12.0. The van der Waals surface area contributed by atoms with Crippen LogP contribution in [0.1, 0.15) is 45.2 Å². The number of carbonyl (C=O) groups excluding carboxylic acids is 1. The zero-order valence-corrected chi connectivity index (χ0v) is 19.1. The van der Waals surface area contributed by atoms with Gasteiger partial charge in [-0.15, -0.1) is 0 Å². The lowest BCUT2D eigenvalue weighted by atomic mass is 9.73. The first-order valence-electron chi connectivity index (χ1n) is 9.73. The number of rotatable bonds is 9. The van der Waals surface area contributed by atoms with E-state index < -0.39 is 5.60 Å². The maximum atomic E-state index is 12.0. The summed E-state index contributed by atoms with van der Waals surface area (Å²) in [5, 5.41) is 0. The molecule has 0 radical (unpaired) electrons. The van der Waals surface area contributed by atoms with Crippen molar-refractivity contribution in [3.63, 3.8) is 0 Å². The zero-order valence-electron chi connectivity index (χ0n) is 19.1. The Kier molecular flexibility index (Phi) is 7.24. The van der Waals surface area contributed by atoms with Crippen molar-refractivity contribution < 1.29 is 28.5 Å². The van der Waals surface area contributed by atoms with Crippen molar-refractivity contribution in [2.75, 3.05) is 28.4 Å². The van der Waals surface area contributed by atoms with E-state index in [2.05, 4.69) is 13.8 Å². The average Bonchev–Trinajstić information content (AvgIpc) is 2.71. The maximum absolute atomic E-state index is 12.0. The molecule has 0 amide bonds. The van der Waals surface area contributed by atoms with Crippen LogP contribution in [-0.2, 0) is 20.5 Å². The predicted octanol–water partition coefficient (Wildman–Crippen LogP) is 4.87. The minimum absolute atomic E-state index is 0.363. The number of carbonyl (C=O) groups is 1. The summed E-state index contributed by atoms with van der Waals surface area (Å²) in [6.07, 6.45) is 0.506. The fraction of sp³-hybridized carbons (Fsp3) is 0.458. The molecular formula is C24H32O6. The summed E-state index contributed by atoms with van der Waals surface area (Å²) >= 11 is 0. The van der Waals surface area contributed by atoms with E-state index in [1.165, 1.54) is 6.92 Å². The first kappa shape index (κ1) is 23.4. The molecule has 0 heterocycles. The molecule has 2 aromatic carbocycles. The van der Waals surface area contributed by atoms with Crippen LogP contribution in [-0.4, -0.2) is 34.4 Å². The Bertz CT molecular complexity index is 845. The highest BCUT2D eigenvalue weighted by atomic mass is 16.6. The minimum atomic E-state index is -0.923. The molecule has 0 aliphatic heterocycles. The maximum Gasteiger partial charge on any atom is 0.303 e. The Labute approximate surface area is 179 Å². The van der Waals surface area contributed by atoms with Gasteiger partial charge in [-0.2, -0.15) is 0 Å².